The molecule has 0 spiro atoms. The van der Waals surface area contributed by atoms with E-state index in [0.29, 0.717) is 11.2 Å². The Kier molecular flexibility index (Phi) is 1.90. The molecule has 0 bridgehead atoms. The van der Waals surface area contributed by atoms with Gasteiger partial charge in [0.25, 0.3) is 4.84 Å². The van der Waals surface area contributed by atoms with Gasteiger partial charge in [-0.1, -0.05) is 0 Å². The van der Waals surface area contributed by atoms with Crippen LogP contribution in [-0.2, 0) is 6.73 Å². The number of hydrogen-bond acceptors (Lipinski definition) is 4. The largest absolute Gasteiger partial charge is 0.427 e. The fourth-order valence-electron chi connectivity index (χ4n) is 1.16. The van der Waals surface area contributed by atoms with Crippen LogP contribution in [-0.4, -0.2) is 14.7 Å². The summed E-state index contributed by atoms with van der Waals surface area (Å²) in [5.41, 5.74) is 2.06. The SMILES string of the molecule is Cc1ccc2oc(=S)n(CO)c2n1. The fraction of sp³-hybridized carbons (Fsp3) is 0.250. The van der Waals surface area contributed by atoms with Gasteiger partial charge in [-0.05, 0) is 31.3 Å². The van der Waals surface area contributed by atoms with Crippen molar-refractivity contribution in [2.24, 2.45) is 0 Å². The first kappa shape index (κ1) is 8.40. The van der Waals surface area contributed by atoms with Crippen molar-refractivity contribution in [1.82, 2.24) is 9.55 Å². The number of fused-ring (bicyclic) bond motifs is 1. The first-order valence-corrected chi connectivity index (χ1v) is 4.21. The fourth-order valence-corrected chi connectivity index (χ4v) is 1.40. The third kappa shape index (κ3) is 1.26. The van der Waals surface area contributed by atoms with E-state index >= 15 is 0 Å². The van der Waals surface area contributed by atoms with E-state index < -0.39 is 0 Å². The second-order valence-electron chi connectivity index (χ2n) is 2.71. The minimum absolute atomic E-state index is 0.206. The Morgan fingerprint density at radius 1 is 1.62 bits per heavy atom. The molecule has 1 N–H and O–H groups in total. The first-order chi connectivity index (χ1) is 6.22. The molecule has 5 heteroatoms. The van der Waals surface area contributed by atoms with Crippen molar-refractivity contribution in [1.29, 1.82) is 0 Å². The van der Waals surface area contributed by atoms with E-state index in [2.05, 4.69) is 4.98 Å². The van der Waals surface area contributed by atoms with Crippen LogP contribution in [0.1, 0.15) is 5.69 Å². The summed E-state index contributed by atoms with van der Waals surface area (Å²) in [5, 5.41) is 8.99. The van der Waals surface area contributed by atoms with Crippen LogP contribution in [0.25, 0.3) is 11.2 Å². The third-order valence-corrected chi connectivity index (χ3v) is 2.10. The maximum absolute atomic E-state index is 8.99. The summed E-state index contributed by atoms with van der Waals surface area (Å²) in [6, 6.07) is 3.63. The lowest BCUT2D eigenvalue weighted by atomic mass is 10.4. The Labute approximate surface area is 79.4 Å². The van der Waals surface area contributed by atoms with Crippen molar-refractivity contribution in [3.63, 3.8) is 0 Å². The molecule has 0 saturated heterocycles. The third-order valence-electron chi connectivity index (χ3n) is 1.79. The molecule has 0 aliphatic rings. The summed E-state index contributed by atoms with van der Waals surface area (Å²) >= 11 is 4.89. The lowest BCUT2D eigenvalue weighted by Gasteiger charge is -1.95. The van der Waals surface area contributed by atoms with E-state index in [9.17, 15) is 0 Å². The van der Waals surface area contributed by atoms with Crippen LogP contribution in [0.2, 0.25) is 0 Å². The standard InChI is InChI=1S/C8H8N2O2S/c1-5-2-3-6-7(9-5)10(4-11)8(13)12-6/h2-3,11H,4H2,1H3. The Morgan fingerprint density at radius 3 is 3.08 bits per heavy atom. The van der Waals surface area contributed by atoms with Crippen molar-refractivity contribution in [2.75, 3.05) is 0 Å². The lowest BCUT2D eigenvalue weighted by molar-refractivity contribution is 0.207. The summed E-state index contributed by atoms with van der Waals surface area (Å²) in [7, 11) is 0. The number of nitrogens with zero attached hydrogens (tertiary/aromatic N) is 2. The number of rotatable bonds is 1. The van der Waals surface area contributed by atoms with Crippen molar-refractivity contribution in [3.8, 4) is 0 Å². The molecule has 0 aliphatic carbocycles. The van der Waals surface area contributed by atoms with Crippen molar-refractivity contribution < 1.29 is 9.52 Å². The molecular weight excluding hydrogens is 188 g/mol. The van der Waals surface area contributed by atoms with Crippen LogP contribution in [0.15, 0.2) is 16.5 Å². The van der Waals surface area contributed by atoms with Crippen LogP contribution in [0.5, 0.6) is 0 Å². The topological polar surface area (TPSA) is 51.2 Å². The second-order valence-corrected chi connectivity index (χ2v) is 3.06. The Morgan fingerprint density at radius 2 is 2.38 bits per heavy atom. The quantitative estimate of drug-likeness (QED) is 0.704. The van der Waals surface area contributed by atoms with Gasteiger partial charge < -0.3 is 9.52 Å². The molecule has 2 rings (SSSR count). The zero-order valence-electron chi connectivity index (χ0n) is 7.02. The number of aryl methyl sites for hydroxylation is 1. The number of pyridine rings is 1. The van der Waals surface area contributed by atoms with Crippen molar-refractivity contribution in [3.05, 3.63) is 22.7 Å². The van der Waals surface area contributed by atoms with Crippen LogP contribution >= 0.6 is 12.2 Å². The molecule has 0 radical (unpaired) electrons. The van der Waals surface area contributed by atoms with E-state index in [1.165, 1.54) is 4.57 Å². The molecule has 0 fully saturated rings. The molecule has 2 aromatic heterocycles. The lowest BCUT2D eigenvalue weighted by Crippen LogP contribution is -1.97. The normalized spacial score (nSPS) is 10.9. The van der Waals surface area contributed by atoms with Gasteiger partial charge in [-0.3, -0.25) is 4.57 Å². The highest BCUT2D eigenvalue weighted by Crippen LogP contribution is 2.15. The Hall–Kier alpha value is -1.20. The number of aromatic nitrogens is 2. The van der Waals surface area contributed by atoms with Gasteiger partial charge in [0.1, 0.15) is 6.73 Å². The van der Waals surface area contributed by atoms with E-state index in [4.69, 9.17) is 21.7 Å². The average molecular weight is 196 g/mol. The minimum Gasteiger partial charge on any atom is -0.427 e. The minimum atomic E-state index is -0.206. The smallest absolute Gasteiger partial charge is 0.272 e. The second kappa shape index (κ2) is 2.93. The summed E-state index contributed by atoms with van der Waals surface area (Å²) in [4.78, 5) is 4.46. The molecule has 2 heterocycles. The first-order valence-electron chi connectivity index (χ1n) is 3.80. The zero-order valence-corrected chi connectivity index (χ0v) is 7.84. The van der Waals surface area contributed by atoms with Crippen LogP contribution < -0.4 is 0 Å². The molecule has 0 aromatic carbocycles. The maximum atomic E-state index is 8.99. The van der Waals surface area contributed by atoms with E-state index in [-0.39, 0.29) is 11.6 Å². The van der Waals surface area contributed by atoms with Gasteiger partial charge in [0.15, 0.2) is 11.2 Å². The highest BCUT2D eigenvalue weighted by molar-refractivity contribution is 7.71. The Balaban J connectivity index is 2.89. The molecule has 0 saturated carbocycles. The summed E-state index contributed by atoms with van der Waals surface area (Å²) < 4.78 is 6.64. The molecule has 2 aromatic rings. The van der Waals surface area contributed by atoms with E-state index in [1.807, 2.05) is 13.0 Å². The summed E-state index contributed by atoms with van der Waals surface area (Å²) in [5.74, 6) is 0. The van der Waals surface area contributed by atoms with Crippen LogP contribution in [0.3, 0.4) is 0 Å². The molecule has 0 unspecified atom stereocenters. The number of hydrogen-bond donors (Lipinski definition) is 1. The molecule has 0 aliphatic heterocycles. The van der Waals surface area contributed by atoms with Gasteiger partial charge in [-0.2, -0.15) is 0 Å². The van der Waals surface area contributed by atoms with Gasteiger partial charge in [0.05, 0.1) is 0 Å². The van der Waals surface area contributed by atoms with Crippen LogP contribution in [0.4, 0.5) is 0 Å². The molecule has 0 amide bonds. The molecule has 13 heavy (non-hydrogen) atoms. The summed E-state index contributed by atoms with van der Waals surface area (Å²) in [6.07, 6.45) is 0. The van der Waals surface area contributed by atoms with Crippen molar-refractivity contribution in [2.45, 2.75) is 13.7 Å². The van der Waals surface area contributed by atoms with E-state index in [0.717, 1.165) is 5.69 Å². The molecule has 0 atom stereocenters. The molecule has 68 valence electrons. The molecule has 4 nitrogen and oxygen atoms in total. The van der Waals surface area contributed by atoms with Gasteiger partial charge in [-0.15, -0.1) is 0 Å². The van der Waals surface area contributed by atoms with Gasteiger partial charge in [0.2, 0.25) is 0 Å². The Bertz CT molecular complexity index is 500. The van der Waals surface area contributed by atoms with Gasteiger partial charge in [0, 0.05) is 5.69 Å². The predicted octanol–water partition coefficient (Wildman–Crippen LogP) is 1.62. The predicted molar refractivity (Wildman–Crippen MR) is 49.8 cm³/mol. The number of aliphatic hydroxyl groups excluding tert-OH is 1. The van der Waals surface area contributed by atoms with Gasteiger partial charge in [-0.25, -0.2) is 4.98 Å². The highest BCUT2D eigenvalue weighted by atomic mass is 32.1. The monoisotopic (exact) mass is 196 g/mol. The number of oxazole rings is 1. The highest BCUT2D eigenvalue weighted by Gasteiger charge is 2.06. The van der Waals surface area contributed by atoms with Crippen molar-refractivity contribution >= 4 is 23.4 Å². The van der Waals surface area contributed by atoms with Crippen LogP contribution in [0, 0.1) is 11.8 Å². The van der Waals surface area contributed by atoms with Gasteiger partial charge >= 0.3 is 0 Å². The average Bonchev–Trinajstić information content (AvgIpc) is 2.40. The molecular formula is C8H8N2O2S. The maximum Gasteiger partial charge on any atom is 0.272 e. The van der Waals surface area contributed by atoms with E-state index in [1.54, 1.807) is 6.07 Å². The number of aliphatic hydroxyl groups is 1. The zero-order chi connectivity index (χ0) is 9.42. The summed E-state index contributed by atoms with van der Waals surface area (Å²) in [6.45, 7) is 1.67.